The lowest BCUT2D eigenvalue weighted by Gasteiger charge is -1.81. The monoisotopic (exact) mass is 125 g/mol. The molecular weight excluding hydrogens is 114 g/mol. The summed E-state index contributed by atoms with van der Waals surface area (Å²) in [5.74, 6) is 5.19. The van der Waals surface area contributed by atoms with E-state index in [9.17, 15) is 0 Å². The van der Waals surface area contributed by atoms with Crippen LogP contribution < -0.4 is 11.2 Å². The molecular formula is C6H11N3. The average Bonchev–Trinajstić information content (AvgIpc) is 2.64. The lowest BCUT2D eigenvalue weighted by Crippen LogP contribution is -2.02. The molecule has 1 aromatic rings. The van der Waals surface area contributed by atoms with Gasteiger partial charge in [-0.15, -0.1) is 0 Å². The zero-order chi connectivity index (χ0) is 6.53. The zero-order valence-corrected chi connectivity index (χ0v) is 5.25. The quantitative estimate of drug-likeness (QED) is 0.372. The van der Waals surface area contributed by atoms with Crippen LogP contribution in [0.1, 0.15) is 0 Å². The van der Waals surface area contributed by atoms with E-state index < -0.39 is 0 Å². The Bertz CT molecular complexity index is 141. The summed E-state index contributed by atoms with van der Waals surface area (Å²) in [6, 6.07) is 3.75. The summed E-state index contributed by atoms with van der Waals surface area (Å²) in [6.07, 6.45) is 3.56. The number of nitrogens with one attached hydrogen (secondary N) is 1. The van der Waals surface area contributed by atoms with Gasteiger partial charge in [-0.05, 0) is 12.1 Å². The maximum Gasteiger partial charge on any atom is 0.0256 e. The minimum absolute atomic E-state index is 1.25. The van der Waals surface area contributed by atoms with Gasteiger partial charge in [-0.2, -0.15) is 0 Å². The van der Waals surface area contributed by atoms with Crippen molar-refractivity contribution in [2.45, 2.75) is 0 Å². The molecule has 0 bridgehead atoms. The average molecular weight is 125 g/mol. The summed E-state index contributed by atoms with van der Waals surface area (Å²) < 4.78 is 1.50. The van der Waals surface area contributed by atoms with E-state index >= 15 is 0 Å². The highest BCUT2D eigenvalue weighted by atomic mass is 15.3. The Kier molecular flexibility index (Phi) is 2.15. The van der Waals surface area contributed by atoms with E-state index in [1.807, 2.05) is 12.1 Å². The summed E-state index contributed by atoms with van der Waals surface area (Å²) in [4.78, 5) is 0. The first-order valence-corrected chi connectivity index (χ1v) is 2.98. The molecule has 0 unspecified atom stereocenters. The highest BCUT2D eigenvalue weighted by molar-refractivity contribution is 4.89. The molecule has 0 amide bonds. The number of nitrogens with zero attached hydrogens (tertiary/aromatic N) is 1. The molecule has 1 aliphatic heterocycles. The predicted molar refractivity (Wildman–Crippen MR) is 37.5 cm³/mol. The molecule has 1 aliphatic rings. The molecule has 1 aromatic heterocycles. The first kappa shape index (κ1) is 6.16. The van der Waals surface area contributed by atoms with Crippen molar-refractivity contribution in [1.29, 1.82) is 0 Å². The van der Waals surface area contributed by atoms with Crippen LogP contribution in [0.15, 0.2) is 24.5 Å². The molecule has 3 nitrogen and oxygen atoms in total. The van der Waals surface area contributed by atoms with E-state index in [1.165, 1.54) is 17.8 Å². The first-order chi connectivity index (χ1) is 4.39. The molecule has 2 heterocycles. The second kappa shape index (κ2) is 3.14. The van der Waals surface area contributed by atoms with Gasteiger partial charge in [0.05, 0.1) is 0 Å². The number of rotatable bonds is 0. The summed E-state index contributed by atoms with van der Waals surface area (Å²) >= 11 is 0. The van der Waals surface area contributed by atoms with Gasteiger partial charge >= 0.3 is 0 Å². The van der Waals surface area contributed by atoms with Crippen molar-refractivity contribution >= 4 is 0 Å². The standard InChI is InChI=1S/C4H6N2.C2H5N/c5-6-3-1-2-4-6;1-2-3-1/h1-4H,5H2;3H,1-2H2. The summed E-state index contributed by atoms with van der Waals surface area (Å²) in [6.45, 7) is 2.50. The summed E-state index contributed by atoms with van der Waals surface area (Å²) in [5, 5.41) is 3.00. The normalized spacial score (nSPS) is 13.8. The Morgan fingerprint density at radius 1 is 1.22 bits per heavy atom. The van der Waals surface area contributed by atoms with Crippen LogP contribution in [0.3, 0.4) is 0 Å². The highest BCUT2D eigenvalue weighted by Gasteiger charge is 1.91. The number of aromatic nitrogens is 1. The SMILES string of the molecule is C1CN1.Nn1cccc1. The van der Waals surface area contributed by atoms with Crippen molar-refractivity contribution in [3.05, 3.63) is 24.5 Å². The fraction of sp³-hybridized carbons (Fsp3) is 0.333. The van der Waals surface area contributed by atoms with E-state index in [-0.39, 0.29) is 0 Å². The maximum absolute atomic E-state index is 5.19. The van der Waals surface area contributed by atoms with Crippen molar-refractivity contribution < 1.29 is 0 Å². The predicted octanol–water partition coefficient (Wildman–Crippen LogP) is -0.209. The van der Waals surface area contributed by atoms with Crippen LogP contribution in [0.2, 0.25) is 0 Å². The van der Waals surface area contributed by atoms with Crippen LogP contribution >= 0.6 is 0 Å². The molecule has 0 radical (unpaired) electrons. The molecule has 2 rings (SSSR count). The van der Waals surface area contributed by atoms with Gasteiger partial charge in [0.2, 0.25) is 0 Å². The minimum Gasteiger partial charge on any atom is -0.340 e. The number of hydrogen-bond donors (Lipinski definition) is 2. The van der Waals surface area contributed by atoms with Crippen molar-refractivity contribution in [2.75, 3.05) is 18.9 Å². The lowest BCUT2D eigenvalue weighted by molar-refractivity contribution is 1.02. The molecule has 0 spiro atoms. The number of nitrogen functional groups attached to an aromatic ring is 1. The molecule has 3 heteroatoms. The van der Waals surface area contributed by atoms with E-state index in [1.54, 1.807) is 12.4 Å². The largest absolute Gasteiger partial charge is 0.340 e. The van der Waals surface area contributed by atoms with Crippen LogP contribution in [0.4, 0.5) is 0 Å². The van der Waals surface area contributed by atoms with Crippen LogP contribution in [-0.2, 0) is 0 Å². The third kappa shape index (κ3) is 3.61. The van der Waals surface area contributed by atoms with Gasteiger partial charge in [-0.3, -0.25) is 4.68 Å². The zero-order valence-electron chi connectivity index (χ0n) is 5.25. The van der Waals surface area contributed by atoms with Gasteiger partial charge in [-0.25, -0.2) is 0 Å². The van der Waals surface area contributed by atoms with Crippen LogP contribution in [-0.4, -0.2) is 17.8 Å². The van der Waals surface area contributed by atoms with Crippen molar-refractivity contribution in [3.8, 4) is 0 Å². The third-order valence-electron chi connectivity index (χ3n) is 0.878. The van der Waals surface area contributed by atoms with Gasteiger partial charge in [-0.1, -0.05) is 0 Å². The summed E-state index contributed by atoms with van der Waals surface area (Å²) in [5.41, 5.74) is 0. The molecule has 1 fully saturated rings. The van der Waals surface area contributed by atoms with E-state index in [0.717, 1.165) is 0 Å². The third-order valence-corrected chi connectivity index (χ3v) is 0.878. The Hall–Kier alpha value is -0.960. The lowest BCUT2D eigenvalue weighted by atomic mass is 10.7. The first-order valence-electron chi connectivity index (χ1n) is 2.98. The molecule has 0 aliphatic carbocycles. The molecule has 9 heavy (non-hydrogen) atoms. The fourth-order valence-electron chi connectivity index (χ4n) is 0.348. The second-order valence-electron chi connectivity index (χ2n) is 1.88. The Labute approximate surface area is 54.4 Å². The second-order valence-corrected chi connectivity index (χ2v) is 1.88. The number of nitrogens with two attached hydrogens (primary N) is 1. The molecule has 1 saturated heterocycles. The Morgan fingerprint density at radius 2 is 1.67 bits per heavy atom. The molecule has 0 saturated carbocycles. The van der Waals surface area contributed by atoms with Gasteiger partial charge in [0, 0.05) is 25.5 Å². The summed E-state index contributed by atoms with van der Waals surface area (Å²) in [7, 11) is 0. The molecule has 3 N–H and O–H groups in total. The molecule has 0 aromatic carbocycles. The van der Waals surface area contributed by atoms with Crippen molar-refractivity contribution in [1.82, 2.24) is 9.99 Å². The fourth-order valence-corrected chi connectivity index (χ4v) is 0.348. The van der Waals surface area contributed by atoms with Crippen LogP contribution in [0.5, 0.6) is 0 Å². The minimum atomic E-state index is 1.25. The van der Waals surface area contributed by atoms with Gasteiger partial charge in [0.15, 0.2) is 0 Å². The van der Waals surface area contributed by atoms with E-state index in [4.69, 9.17) is 5.84 Å². The van der Waals surface area contributed by atoms with Crippen molar-refractivity contribution in [2.24, 2.45) is 0 Å². The van der Waals surface area contributed by atoms with Gasteiger partial charge in [0.25, 0.3) is 0 Å². The number of hydrogen-bond acceptors (Lipinski definition) is 2. The van der Waals surface area contributed by atoms with E-state index in [0.29, 0.717) is 0 Å². The smallest absolute Gasteiger partial charge is 0.0256 e. The highest BCUT2D eigenvalue weighted by Crippen LogP contribution is 1.77. The molecule has 0 atom stereocenters. The van der Waals surface area contributed by atoms with Crippen LogP contribution in [0, 0.1) is 0 Å². The van der Waals surface area contributed by atoms with Crippen LogP contribution in [0.25, 0.3) is 0 Å². The van der Waals surface area contributed by atoms with E-state index in [2.05, 4.69) is 5.32 Å². The van der Waals surface area contributed by atoms with Crippen molar-refractivity contribution in [3.63, 3.8) is 0 Å². The Morgan fingerprint density at radius 3 is 1.78 bits per heavy atom. The van der Waals surface area contributed by atoms with Gasteiger partial charge < -0.3 is 11.2 Å². The van der Waals surface area contributed by atoms with Gasteiger partial charge in [0.1, 0.15) is 0 Å². The Balaban J connectivity index is 0.000000112. The topological polar surface area (TPSA) is 52.9 Å². The maximum atomic E-state index is 5.19. The molecule has 50 valence electrons.